The second kappa shape index (κ2) is 5.72. The van der Waals surface area contributed by atoms with Crippen LogP contribution in [-0.2, 0) is 4.74 Å². The number of thiophene rings is 1. The summed E-state index contributed by atoms with van der Waals surface area (Å²) >= 11 is 1.19. The SMILES string of the molecule is CCOC(=O)c1sc2ncnc(-n3ccc([N+](=O)[O-])n3)c2c1C. The molecule has 9 nitrogen and oxygen atoms in total. The molecule has 0 unspecified atom stereocenters. The fourth-order valence-electron chi connectivity index (χ4n) is 2.15. The van der Waals surface area contributed by atoms with Crippen molar-refractivity contribution in [1.29, 1.82) is 0 Å². The average Bonchev–Trinajstić information content (AvgIpc) is 3.13. The maximum absolute atomic E-state index is 12.0. The van der Waals surface area contributed by atoms with E-state index in [2.05, 4.69) is 15.1 Å². The Kier molecular flexibility index (Phi) is 3.74. The fraction of sp³-hybridized carbons (Fsp3) is 0.231. The minimum Gasteiger partial charge on any atom is -0.462 e. The number of aryl methyl sites for hydroxylation is 1. The summed E-state index contributed by atoms with van der Waals surface area (Å²) in [6, 6.07) is 1.28. The van der Waals surface area contributed by atoms with E-state index in [1.54, 1.807) is 13.8 Å². The molecule has 0 aromatic carbocycles. The van der Waals surface area contributed by atoms with Crippen LogP contribution < -0.4 is 0 Å². The van der Waals surface area contributed by atoms with Crippen LogP contribution in [0.3, 0.4) is 0 Å². The molecule has 0 aliphatic carbocycles. The van der Waals surface area contributed by atoms with Crippen molar-refractivity contribution in [2.45, 2.75) is 13.8 Å². The number of carbonyl (C=O) groups is 1. The maximum atomic E-state index is 12.0. The van der Waals surface area contributed by atoms with Gasteiger partial charge in [-0.25, -0.2) is 14.8 Å². The molecular formula is C13H11N5O4S. The number of esters is 1. The Balaban J connectivity index is 2.18. The normalized spacial score (nSPS) is 10.9. The summed E-state index contributed by atoms with van der Waals surface area (Å²) in [4.78, 5) is 31.5. The van der Waals surface area contributed by atoms with Gasteiger partial charge in [0.25, 0.3) is 0 Å². The largest absolute Gasteiger partial charge is 0.462 e. The first-order valence-corrected chi connectivity index (χ1v) is 7.46. The second-order valence-corrected chi connectivity index (χ2v) is 5.53. The molecule has 0 spiro atoms. The topological polar surface area (TPSA) is 113 Å². The number of carbonyl (C=O) groups excluding carboxylic acids is 1. The molecule has 0 atom stereocenters. The molecule has 0 aliphatic rings. The zero-order chi connectivity index (χ0) is 16.6. The van der Waals surface area contributed by atoms with Gasteiger partial charge in [0.2, 0.25) is 0 Å². The highest BCUT2D eigenvalue weighted by Crippen LogP contribution is 2.33. The quantitative estimate of drug-likeness (QED) is 0.409. The van der Waals surface area contributed by atoms with Crippen LogP contribution in [0.4, 0.5) is 5.82 Å². The summed E-state index contributed by atoms with van der Waals surface area (Å²) < 4.78 is 6.33. The number of rotatable bonds is 4. The molecule has 0 saturated heterocycles. The Labute approximate surface area is 133 Å². The van der Waals surface area contributed by atoms with Crippen LogP contribution in [0, 0.1) is 17.0 Å². The summed E-state index contributed by atoms with van der Waals surface area (Å²) in [5.41, 5.74) is 0.664. The van der Waals surface area contributed by atoms with Gasteiger partial charge < -0.3 is 14.9 Å². The van der Waals surface area contributed by atoms with Crippen LogP contribution in [0.15, 0.2) is 18.6 Å². The van der Waals surface area contributed by atoms with Crippen LogP contribution in [-0.4, -0.2) is 37.2 Å². The number of fused-ring (bicyclic) bond motifs is 1. The van der Waals surface area contributed by atoms with E-state index < -0.39 is 10.9 Å². The lowest BCUT2D eigenvalue weighted by molar-refractivity contribution is -0.389. The molecule has 3 rings (SSSR count). The van der Waals surface area contributed by atoms with E-state index in [1.165, 1.54) is 34.6 Å². The smallest absolute Gasteiger partial charge is 0.390 e. The van der Waals surface area contributed by atoms with Crippen LogP contribution in [0.5, 0.6) is 0 Å². The van der Waals surface area contributed by atoms with Crippen LogP contribution in [0.2, 0.25) is 0 Å². The number of hydrogen-bond donors (Lipinski definition) is 0. The van der Waals surface area contributed by atoms with Gasteiger partial charge in [0.1, 0.15) is 16.0 Å². The minimum absolute atomic E-state index is 0.274. The molecule has 118 valence electrons. The third-order valence-corrected chi connectivity index (χ3v) is 4.33. The monoisotopic (exact) mass is 333 g/mol. The molecule has 0 aliphatic heterocycles. The minimum atomic E-state index is -0.584. The van der Waals surface area contributed by atoms with Gasteiger partial charge in [-0.3, -0.25) is 0 Å². The van der Waals surface area contributed by atoms with E-state index in [4.69, 9.17) is 4.74 Å². The summed E-state index contributed by atoms with van der Waals surface area (Å²) in [5.74, 6) is -0.326. The summed E-state index contributed by atoms with van der Waals surface area (Å²) in [7, 11) is 0. The third-order valence-electron chi connectivity index (χ3n) is 3.15. The molecule has 0 saturated carbocycles. The fourth-order valence-corrected chi connectivity index (χ4v) is 3.18. The number of aromatic nitrogens is 4. The van der Waals surface area contributed by atoms with Gasteiger partial charge in [0.05, 0.1) is 29.4 Å². The van der Waals surface area contributed by atoms with Gasteiger partial charge in [-0.2, -0.15) is 0 Å². The zero-order valence-electron chi connectivity index (χ0n) is 12.2. The maximum Gasteiger partial charge on any atom is 0.390 e. The first-order chi connectivity index (χ1) is 11.0. The van der Waals surface area contributed by atoms with Crippen molar-refractivity contribution in [2.75, 3.05) is 6.61 Å². The Morgan fingerprint density at radius 1 is 1.48 bits per heavy atom. The lowest BCUT2D eigenvalue weighted by atomic mass is 10.2. The predicted molar refractivity (Wildman–Crippen MR) is 81.9 cm³/mol. The first-order valence-electron chi connectivity index (χ1n) is 6.64. The van der Waals surface area contributed by atoms with Gasteiger partial charge in [-0.1, -0.05) is 0 Å². The molecule has 10 heteroatoms. The van der Waals surface area contributed by atoms with Crippen molar-refractivity contribution in [1.82, 2.24) is 19.7 Å². The second-order valence-electron chi connectivity index (χ2n) is 4.53. The van der Waals surface area contributed by atoms with Crippen molar-refractivity contribution in [3.63, 3.8) is 0 Å². The number of nitrogens with zero attached hydrogens (tertiary/aromatic N) is 5. The highest BCUT2D eigenvalue weighted by atomic mass is 32.1. The summed E-state index contributed by atoms with van der Waals surface area (Å²) in [6.45, 7) is 3.76. The van der Waals surface area contributed by atoms with Crippen LogP contribution in [0.25, 0.3) is 16.0 Å². The number of nitro groups is 1. The van der Waals surface area contributed by atoms with E-state index in [0.29, 0.717) is 26.5 Å². The molecule has 0 radical (unpaired) electrons. The van der Waals surface area contributed by atoms with Crippen molar-refractivity contribution >= 4 is 33.3 Å². The zero-order valence-corrected chi connectivity index (χ0v) is 13.0. The molecule has 0 fully saturated rings. The Morgan fingerprint density at radius 3 is 2.91 bits per heavy atom. The Hall–Kier alpha value is -2.88. The van der Waals surface area contributed by atoms with Crippen molar-refractivity contribution in [3.8, 4) is 5.82 Å². The lowest BCUT2D eigenvalue weighted by Crippen LogP contribution is -2.04. The molecule has 0 bridgehead atoms. The highest BCUT2D eigenvalue weighted by molar-refractivity contribution is 7.20. The molecular weight excluding hydrogens is 322 g/mol. The van der Waals surface area contributed by atoms with Crippen molar-refractivity contribution < 1.29 is 14.5 Å². The Morgan fingerprint density at radius 2 is 2.26 bits per heavy atom. The van der Waals surface area contributed by atoms with E-state index in [0.717, 1.165) is 0 Å². The highest BCUT2D eigenvalue weighted by Gasteiger charge is 2.23. The van der Waals surface area contributed by atoms with Gasteiger partial charge >= 0.3 is 11.8 Å². The van der Waals surface area contributed by atoms with Crippen molar-refractivity contribution in [3.05, 3.63) is 39.1 Å². The summed E-state index contributed by atoms with van der Waals surface area (Å²) in [5, 5.41) is 15.3. The van der Waals surface area contributed by atoms with Gasteiger partial charge in [-0.05, 0) is 24.3 Å². The van der Waals surface area contributed by atoms with E-state index in [9.17, 15) is 14.9 Å². The van der Waals surface area contributed by atoms with Crippen molar-refractivity contribution in [2.24, 2.45) is 0 Å². The van der Waals surface area contributed by atoms with Crippen LogP contribution in [0.1, 0.15) is 22.2 Å². The number of hydrogen-bond acceptors (Lipinski definition) is 8. The molecule has 3 aromatic rings. The van der Waals surface area contributed by atoms with E-state index >= 15 is 0 Å². The van der Waals surface area contributed by atoms with Crippen LogP contribution >= 0.6 is 11.3 Å². The standard InChI is InChI=1S/C13H11N5O4S/c1-3-22-13(19)10-7(2)9-11(14-6-15-12(9)23-10)17-5-4-8(16-17)18(20)21/h4-6H,3H2,1-2H3. The summed E-state index contributed by atoms with van der Waals surface area (Å²) in [6.07, 6.45) is 2.77. The molecule has 3 aromatic heterocycles. The average molecular weight is 333 g/mol. The molecule has 0 amide bonds. The lowest BCUT2D eigenvalue weighted by Gasteiger charge is -2.01. The Bertz CT molecular complexity index is 916. The third kappa shape index (κ3) is 2.52. The molecule has 23 heavy (non-hydrogen) atoms. The van der Waals surface area contributed by atoms with E-state index in [1.807, 2.05) is 0 Å². The van der Waals surface area contributed by atoms with Gasteiger partial charge in [-0.15, -0.1) is 16.0 Å². The molecule has 3 heterocycles. The van der Waals surface area contributed by atoms with E-state index in [-0.39, 0.29) is 12.4 Å². The molecule has 0 N–H and O–H groups in total. The van der Waals surface area contributed by atoms with Gasteiger partial charge in [0.15, 0.2) is 5.82 Å². The predicted octanol–water partition coefficient (Wildman–Crippen LogP) is 2.27. The number of ether oxygens (including phenoxy) is 1. The first kappa shape index (κ1) is 15.0. The van der Waals surface area contributed by atoms with Gasteiger partial charge in [0, 0.05) is 0 Å².